The van der Waals surface area contributed by atoms with Gasteiger partial charge >= 0.3 is 90.9 Å². The van der Waals surface area contributed by atoms with Crippen LogP contribution in [0.3, 0.4) is 0 Å². The van der Waals surface area contributed by atoms with E-state index in [0.717, 1.165) is 0 Å². The number of amides is 1. The molecule has 0 radical (unpaired) electrons. The Morgan fingerprint density at radius 3 is 1.77 bits per heavy atom. The predicted octanol–water partition coefficient (Wildman–Crippen LogP) is -4.01. The van der Waals surface area contributed by atoms with Crippen molar-refractivity contribution in [2.75, 3.05) is 5.75 Å². The number of hydrogen-bond donors (Lipinski definition) is 0. The molecule has 120 valence electrons. The minimum Gasteiger partial charge on any atom is 1.00 e. The van der Waals surface area contributed by atoms with Crippen LogP contribution in [0.1, 0.15) is 27.7 Å². The summed E-state index contributed by atoms with van der Waals surface area (Å²) in [5.41, 5.74) is 1.98. The van der Waals surface area contributed by atoms with Crippen molar-refractivity contribution in [1.82, 2.24) is 4.90 Å². The van der Waals surface area contributed by atoms with Crippen LogP contribution in [0.5, 0.6) is 0 Å². The molecule has 0 atom stereocenters. The van der Waals surface area contributed by atoms with E-state index in [1.54, 1.807) is 0 Å². The second-order valence-corrected chi connectivity index (χ2v) is 9.34. The van der Waals surface area contributed by atoms with E-state index in [1.807, 2.05) is 32.6 Å². The number of carbonyl (C=O) groups excluding carboxylic acids is 1. The molecule has 0 aromatic carbocycles. The summed E-state index contributed by atoms with van der Waals surface area (Å²) in [6.07, 6.45) is 0. The van der Waals surface area contributed by atoms with E-state index in [4.69, 9.17) is 35.1 Å². The molecule has 0 fully saturated rings. The molecule has 0 saturated carbocycles. The zero-order chi connectivity index (χ0) is 16.5. The molecule has 22 heavy (non-hydrogen) atoms. The predicted molar refractivity (Wildman–Crippen MR) is 82.1 cm³/mol. The molecular weight excluding hydrogens is 434 g/mol. The van der Waals surface area contributed by atoms with Crippen LogP contribution in [-0.4, -0.2) is 42.1 Å². The van der Waals surface area contributed by atoms with Crippen molar-refractivity contribution < 1.29 is 75.8 Å². The second-order valence-electron chi connectivity index (χ2n) is 4.48. The van der Waals surface area contributed by atoms with Gasteiger partial charge in [0.15, 0.2) is 0 Å². The summed E-state index contributed by atoms with van der Waals surface area (Å²) in [5.74, 6) is 0.430. The standard InChI is InChI=1S/C10H17Cl2NOS.CH5AsO3.2Na/c1-7(2)13(8(3)4)10(14)15-6-9(12)5-11;1-2(3,4)5;;/h5,7-8H,6H2,1-4H3;1H3,(H2,3,4,5);;/q;;2*+1/p-2/b9-5-;;;. The van der Waals surface area contributed by atoms with E-state index < -0.39 is 14.2 Å². The van der Waals surface area contributed by atoms with Crippen LogP contribution >= 0.6 is 35.0 Å². The van der Waals surface area contributed by atoms with Gasteiger partial charge in [-0.05, 0) is 27.7 Å². The Balaban J connectivity index is -0.000000201. The number of nitrogens with zero attached hydrogens (tertiary/aromatic N) is 1. The van der Waals surface area contributed by atoms with Gasteiger partial charge in [0.1, 0.15) is 0 Å². The summed E-state index contributed by atoms with van der Waals surface area (Å²) in [6, 6.07) is 0.396. The molecule has 0 saturated heterocycles. The molecule has 0 unspecified atom stereocenters. The van der Waals surface area contributed by atoms with E-state index in [1.165, 1.54) is 17.3 Å². The number of carbonyl (C=O) groups is 1. The third kappa shape index (κ3) is 22.4. The van der Waals surface area contributed by atoms with Gasteiger partial charge < -0.3 is 4.90 Å². The Labute approximate surface area is 194 Å². The normalized spacial score (nSPS) is 11.1. The molecule has 5 nitrogen and oxygen atoms in total. The van der Waals surface area contributed by atoms with Crippen molar-refractivity contribution in [3.05, 3.63) is 10.6 Å². The number of hydrogen-bond acceptors (Lipinski definition) is 5. The summed E-state index contributed by atoms with van der Waals surface area (Å²) in [4.78, 5) is 13.6. The Morgan fingerprint density at radius 1 is 1.23 bits per heavy atom. The summed E-state index contributed by atoms with van der Waals surface area (Å²) < 4.78 is 27.5. The Bertz CT molecular complexity index is 365. The molecule has 0 rings (SSSR count). The summed E-state index contributed by atoms with van der Waals surface area (Å²) in [5, 5.41) is 0.527. The largest absolute Gasteiger partial charge is 1.00 e. The minimum atomic E-state index is -4.62. The molecule has 11 heteroatoms. The van der Waals surface area contributed by atoms with Gasteiger partial charge in [-0.3, -0.25) is 4.79 Å². The van der Waals surface area contributed by atoms with Crippen LogP contribution in [0, 0.1) is 0 Å². The molecule has 0 aliphatic carbocycles. The van der Waals surface area contributed by atoms with Gasteiger partial charge in [0.05, 0.1) is 0 Å². The van der Waals surface area contributed by atoms with Crippen LogP contribution in [-0.2, 0) is 3.74 Å². The van der Waals surface area contributed by atoms with E-state index in [9.17, 15) is 4.79 Å². The zero-order valence-corrected chi connectivity index (χ0v) is 22.3. The fourth-order valence-electron chi connectivity index (χ4n) is 1.25. The maximum absolute atomic E-state index is 11.8. The molecule has 0 aromatic heterocycles. The maximum Gasteiger partial charge on any atom is 1.00 e. The average Bonchev–Trinajstić information content (AvgIpc) is 2.22. The molecule has 0 aliphatic heterocycles. The summed E-state index contributed by atoms with van der Waals surface area (Å²) in [7, 11) is 0. The Hall–Kier alpha value is 2.42. The molecule has 0 spiro atoms. The molecule has 0 aliphatic rings. The molecular formula is C11H20AsCl2NNa2O4S. The van der Waals surface area contributed by atoms with Gasteiger partial charge in [-0.25, -0.2) is 0 Å². The third-order valence-corrected chi connectivity index (χ3v) is 3.46. The SMILES string of the molecule is CC(C)N(C(=O)SC/C(Cl)=C/Cl)C(C)C.C[As](=O)([O-])[O-].[Na+].[Na+]. The van der Waals surface area contributed by atoms with Gasteiger partial charge in [-0.1, -0.05) is 35.0 Å². The van der Waals surface area contributed by atoms with Crippen LogP contribution in [0.25, 0.3) is 0 Å². The van der Waals surface area contributed by atoms with Crippen molar-refractivity contribution in [1.29, 1.82) is 0 Å². The van der Waals surface area contributed by atoms with E-state index in [0.29, 0.717) is 16.5 Å². The van der Waals surface area contributed by atoms with Crippen molar-refractivity contribution in [3.8, 4) is 0 Å². The van der Waals surface area contributed by atoms with E-state index >= 15 is 0 Å². The number of thioether (sulfide) groups is 1. The zero-order valence-electron chi connectivity index (χ0n) is 14.1. The van der Waals surface area contributed by atoms with Gasteiger partial charge in [0, 0.05) is 28.4 Å². The average molecular weight is 454 g/mol. The first-order valence-corrected chi connectivity index (χ1v) is 11.8. The van der Waals surface area contributed by atoms with Crippen molar-refractivity contribution >= 4 is 54.4 Å². The maximum atomic E-state index is 11.8. The molecule has 0 bridgehead atoms. The smallest absolute Gasteiger partial charge is 1.00 e. The monoisotopic (exact) mass is 453 g/mol. The first kappa shape index (κ1) is 32.1. The summed E-state index contributed by atoms with van der Waals surface area (Å²) in [6.45, 7) is 7.99. The first-order valence-electron chi connectivity index (χ1n) is 5.79. The van der Waals surface area contributed by atoms with Gasteiger partial charge in [0.25, 0.3) is 5.24 Å². The second kappa shape index (κ2) is 16.9. The Morgan fingerprint density at radius 2 is 1.55 bits per heavy atom. The molecule has 1 amide bonds. The van der Waals surface area contributed by atoms with Crippen molar-refractivity contribution in [2.45, 2.75) is 45.5 Å². The van der Waals surface area contributed by atoms with E-state index in [2.05, 4.69) is 0 Å². The Kier molecular flexibility index (Phi) is 24.6. The van der Waals surface area contributed by atoms with Crippen LogP contribution in [0.4, 0.5) is 4.79 Å². The number of rotatable bonds is 4. The molecule has 0 heterocycles. The summed E-state index contributed by atoms with van der Waals surface area (Å²) >= 11 is 7.67. The van der Waals surface area contributed by atoms with Gasteiger partial charge in [-0.2, -0.15) is 0 Å². The fourth-order valence-corrected chi connectivity index (χ4v) is 2.50. The van der Waals surface area contributed by atoms with Gasteiger partial charge in [0.2, 0.25) is 0 Å². The molecule has 0 aromatic rings. The van der Waals surface area contributed by atoms with Gasteiger partial charge in [-0.15, -0.1) is 0 Å². The van der Waals surface area contributed by atoms with Crippen LogP contribution in [0.15, 0.2) is 10.6 Å². The van der Waals surface area contributed by atoms with E-state index in [-0.39, 0.29) is 76.4 Å². The van der Waals surface area contributed by atoms with Crippen LogP contribution < -0.4 is 67.3 Å². The molecule has 0 N–H and O–H groups in total. The quantitative estimate of drug-likeness (QED) is 0.405. The fraction of sp³-hybridized carbons (Fsp3) is 0.727. The van der Waals surface area contributed by atoms with Crippen molar-refractivity contribution in [2.24, 2.45) is 0 Å². The minimum absolute atomic E-state index is 0. The third-order valence-electron chi connectivity index (χ3n) is 1.78. The topological polar surface area (TPSA) is 83.5 Å². The van der Waals surface area contributed by atoms with Crippen molar-refractivity contribution in [3.63, 3.8) is 0 Å². The number of halogens is 2. The first-order chi connectivity index (χ1) is 8.90. The van der Waals surface area contributed by atoms with Crippen LogP contribution in [0.2, 0.25) is 5.71 Å².